The van der Waals surface area contributed by atoms with Gasteiger partial charge in [-0.3, -0.25) is 9.10 Å². The zero-order valence-electron chi connectivity index (χ0n) is 16.7. The van der Waals surface area contributed by atoms with Crippen molar-refractivity contribution in [1.82, 2.24) is 15.5 Å². The van der Waals surface area contributed by atoms with Crippen LogP contribution in [0.2, 0.25) is 5.02 Å². The molecule has 0 aliphatic heterocycles. The van der Waals surface area contributed by atoms with Crippen LogP contribution >= 0.6 is 11.6 Å². The Kier molecular flexibility index (Phi) is 6.42. The van der Waals surface area contributed by atoms with Gasteiger partial charge in [0.2, 0.25) is 27.6 Å². The molecule has 0 unspecified atom stereocenters. The van der Waals surface area contributed by atoms with Gasteiger partial charge in [-0.2, -0.15) is 4.98 Å². The number of sulfonamides is 1. The van der Waals surface area contributed by atoms with Crippen LogP contribution in [0.4, 0.5) is 5.69 Å². The van der Waals surface area contributed by atoms with Crippen molar-refractivity contribution >= 4 is 33.2 Å². The van der Waals surface area contributed by atoms with Gasteiger partial charge < -0.3 is 9.84 Å². The lowest BCUT2D eigenvalue weighted by Gasteiger charge is -2.28. The van der Waals surface area contributed by atoms with Crippen molar-refractivity contribution in [2.24, 2.45) is 0 Å². The van der Waals surface area contributed by atoms with Crippen LogP contribution < -0.4 is 9.62 Å². The van der Waals surface area contributed by atoms with Crippen LogP contribution in [-0.4, -0.2) is 36.8 Å². The largest absolute Gasteiger partial charge is 0.345 e. The first-order valence-corrected chi connectivity index (χ1v) is 11.3. The second-order valence-corrected chi connectivity index (χ2v) is 9.11. The van der Waals surface area contributed by atoms with E-state index in [0.29, 0.717) is 16.5 Å². The first-order valence-electron chi connectivity index (χ1n) is 9.07. The quantitative estimate of drug-likeness (QED) is 0.595. The minimum absolute atomic E-state index is 0.0276. The number of nitrogens with one attached hydrogen (secondary N) is 1. The number of aryl methyl sites for hydroxylation is 1. The summed E-state index contributed by atoms with van der Waals surface area (Å²) in [5.41, 5.74) is 2.20. The van der Waals surface area contributed by atoms with Crippen LogP contribution in [0.5, 0.6) is 0 Å². The third-order valence-corrected chi connectivity index (χ3v) is 5.82. The predicted octanol–water partition coefficient (Wildman–Crippen LogP) is 3.17. The topological polar surface area (TPSA) is 105 Å². The fraction of sp³-hybridized carbons (Fsp3) is 0.250. The summed E-state index contributed by atoms with van der Waals surface area (Å²) in [6.07, 6.45) is 1.04. The predicted molar refractivity (Wildman–Crippen MR) is 115 cm³/mol. The van der Waals surface area contributed by atoms with E-state index in [0.717, 1.165) is 21.7 Å². The molecule has 3 rings (SSSR count). The number of carbonyl (C=O) groups excluding carboxylic acids is 1. The number of hydrogen-bond acceptors (Lipinski definition) is 6. The maximum absolute atomic E-state index is 12.6. The Balaban J connectivity index is 1.71. The summed E-state index contributed by atoms with van der Waals surface area (Å²) in [4.78, 5) is 16.9. The molecular formula is C20H21ClN4O4S. The smallest absolute Gasteiger partial charge is 0.246 e. The summed E-state index contributed by atoms with van der Waals surface area (Å²) in [7, 11) is -3.72. The maximum atomic E-state index is 12.6. The molecule has 158 valence electrons. The lowest BCUT2D eigenvalue weighted by molar-refractivity contribution is -0.122. The van der Waals surface area contributed by atoms with Gasteiger partial charge >= 0.3 is 0 Å². The number of anilines is 1. The Hall–Kier alpha value is -2.91. The molecule has 0 radical (unpaired) electrons. The van der Waals surface area contributed by atoms with E-state index in [1.165, 1.54) is 6.92 Å². The summed E-state index contributed by atoms with van der Waals surface area (Å²) in [5, 5.41) is 7.03. The molecule has 1 atom stereocenters. The van der Waals surface area contributed by atoms with E-state index >= 15 is 0 Å². The van der Waals surface area contributed by atoms with E-state index in [-0.39, 0.29) is 12.4 Å². The average molecular weight is 449 g/mol. The van der Waals surface area contributed by atoms with Crippen molar-refractivity contribution < 1.29 is 17.7 Å². The lowest BCUT2D eigenvalue weighted by Crippen LogP contribution is -2.47. The molecule has 0 bridgehead atoms. The summed E-state index contributed by atoms with van der Waals surface area (Å²) < 4.78 is 30.8. The van der Waals surface area contributed by atoms with Gasteiger partial charge in [0.05, 0.1) is 18.5 Å². The molecule has 1 N–H and O–H groups in total. The van der Waals surface area contributed by atoms with Gasteiger partial charge in [0.15, 0.2) is 0 Å². The monoisotopic (exact) mass is 448 g/mol. The third kappa shape index (κ3) is 5.17. The van der Waals surface area contributed by atoms with Crippen molar-refractivity contribution in [3.8, 4) is 11.4 Å². The molecule has 30 heavy (non-hydrogen) atoms. The number of hydrogen-bond donors (Lipinski definition) is 1. The average Bonchev–Trinajstić information content (AvgIpc) is 3.16. The van der Waals surface area contributed by atoms with Crippen LogP contribution in [-0.2, 0) is 21.4 Å². The highest BCUT2D eigenvalue weighted by atomic mass is 35.5. The Labute approximate surface area is 179 Å². The standard InChI is InChI=1S/C20H21ClN4O4S/c1-13-5-4-6-15(11-13)19-23-18(29-24-19)12-22-20(26)14(2)25(30(3,27)28)17-9-7-16(21)8-10-17/h4-11,14H,12H2,1-3H3,(H,22,26)/t14-/m1/s1. The van der Waals surface area contributed by atoms with Gasteiger partial charge in [0.25, 0.3) is 0 Å². The maximum Gasteiger partial charge on any atom is 0.246 e. The second-order valence-electron chi connectivity index (χ2n) is 6.81. The Morgan fingerprint density at radius 2 is 1.93 bits per heavy atom. The van der Waals surface area contributed by atoms with E-state index < -0.39 is 22.0 Å². The van der Waals surface area contributed by atoms with Gasteiger partial charge in [0.1, 0.15) is 6.04 Å². The second kappa shape index (κ2) is 8.85. The summed E-state index contributed by atoms with van der Waals surface area (Å²) in [6, 6.07) is 12.8. The first kappa shape index (κ1) is 21.8. The van der Waals surface area contributed by atoms with E-state index in [1.807, 2.05) is 31.2 Å². The molecule has 1 heterocycles. The summed E-state index contributed by atoms with van der Waals surface area (Å²) in [6.45, 7) is 3.43. The molecule has 2 aromatic carbocycles. The van der Waals surface area contributed by atoms with Crippen molar-refractivity contribution in [2.75, 3.05) is 10.6 Å². The van der Waals surface area contributed by atoms with Crippen molar-refractivity contribution in [3.05, 3.63) is 65.0 Å². The molecule has 1 aromatic heterocycles. The zero-order chi connectivity index (χ0) is 21.9. The molecule has 0 saturated carbocycles. The highest BCUT2D eigenvalue weighted by Crippen LogP contribution is 2.23. The highest BCUT2D eigenvalue weighted by molar-refractivity contribution is 7.92. The lowest BCUT2D eigenvalue weighted by atomic mass is 10.1. The Bertz CT molecular complexity index is 1150. The van der Waals surface area contributed by atoms with Crippen molar-refractivity contribution in [3.63, 3.8) is 0 Å². The number of amides is 1. The molecule has 0 aliphatic carbocycles. The molecule has 10 heteroatoms. The third-order valence-electron chi connectivity index (χ3n) is 4.33. The first-order chi connectivity index (χ1) is 14.1. The fourth-order valence-electron chi connectivity index (χ4n) is 2.94. The van der Waals surface area contributed by atoms with Gasteiger partial charge in [-0.1, -0.05) is 40.5 Å². The molecule has 3 aromatic rings. The van der Waals surface area contributed by atoms with E-state index in [2.05, 4.69) is 15.5 Å². The number of rotatable bonds is 7. The normalized spacial score (nSPS) is 12.4. The zero-order valence-corrected chi connectivity index (χ0v) is 18.2. The molecule has 0 fully saturated rings. The van der Waals surface area contributed by atoms with Crippen molar-refractivity contribution in [1.29, 1.82) is 0 Å². The van der Waals surface area contributed by atoms with Crippen molar-refractivity contribution in [2.45, 2.75) is 26.4 Å². The summed E-state index contributed by atoms with van der Waals surface area (Å²) >= 11 is 5.87. The molecule has 0 spiro atoms. The SMILES string of the molecule is Cc1cccc(-c2noc(CNC(=O)[C@@H](C)N(c3ccc(Cl)cc3)S(C)(=O)=O)n2)c1. The van der Waals surface area contributed by atoms with Crippen LogP contribution in [0.1, 0.15) is 18.4 Å². The summed E-state index contributed by atoms with van der Waals surface area (Å²) in [5.74, 6) is 0.116. The van der Waals surface area contributed by atoms with E-state index in [9.17, 15) is 13.2 Å². The minimum atomic E-state index is -3.72. The van der Waals surface area contributed by atoms with E-state index in [4.69, 9.17) is 16.1 Å². The van der Waals surface area contributed by atoms with Crippen LogP contribution in [0, 0.1) is 6.92 Å². The number of carbonyl (C=O) groups is 1. The molecule has 8 nitrogen and oxygen atoms in total. The molecule has 0 aliphatic rings. The molecular weight excluding hydrogens is 428 g/mol. The number of halogens is 1. The van der Waals surface area contributed by atoms with Crippen LogP contribution in [0.15, 0.2) is 53.1 Å². The number of nitrogens with zero attached hydrogens (tertiary/aromatic N) is 3. The van der Waals surface area contributed by atoms with Gasteiger partial charge in [-0.15, -0.1) is 0 Å². The Morgan fingerprint density at radius 1 is 1.23 bits per heavy atom. The number of aromatic nitrogens is 2. The van der Waals surface area contributed by atoms with Gasteiger partial charge in [0, 0.05) is 10.6 Å². The van der Waals surface area contributed by atoms with Crippen LogP contribution in [0.25, 0.3) is 11.4 Å². The highest BCUT2D eigenvalue weighted by Gasteiger charge is 2.29. The minimum Gasteiger partial charge on any atom is -0.345 e. The molecule has 0 saturated heterocycles. The van der Waals surface area contributed by atoms with Gasteiger partial charge in [-0.25, -0.2) is 8.42 Å². The van der Waals surface area contributed by atoms with Gasteiger partial charge in [-0.05, 0) is 44.2 Å². The van der Waals surface area contributed by atoms with Crippen LogP contribution in [0.3, 0.4) is 0 Å². The molecule has 1 amide bonds. The Morgan fingerprint density at radius 3 is 2.57 bits per heavy atom. The number of benzene rings is 2. The van der Waals surface area contributed by atoms with E-state index in [1.54, 1.807) is 24.3 Å². The fourth-order valence-corrected chi connectivity index (χ4v) is 4.24.